The number of amides is 1. The summed E-state index contributed by atoms with van der Waals surface area (Å²) < 4.78 is 5.59. The molecule has 0 saturated carbocycles. The van der Waals surface area contributed by atoms with Crippen LogP contribution in [0.25, 0.3) is 0 Å². The molecule has 0 aromatic heterocycles. The molecule has 5 heteroatoms. The molecular formula is C16H24N2O3. The number of ketones is 1. The van der Waals surface area contributed by atoms with E-state index in [0.717, 1.165) is 6.42 Å². The molecule has 1 unspecified atom stereocenters. The van der Waals surface area contributed by atoms with Crippen molar-refractivity contribution in [2.24, 2.45) is 5.92 Å². The largest absolute Gasteiger partial charge is 0.480 e. The van der Waals surface area contributed by atoms with Crippen molar-refractivity contribution in [3.8, 4) is 5.75 Å². The van der Waals surface area contributed by atoms with Gasteiger partial charge in [-0.05, 0) is 44.4 Å². The number of anilines is 1. The molecule has 0 aliphatic rings. The Morgan fingerprint density at radius 3 is 2.52 bits per heavy atom. The number of hydrogen-bond donors (Lipinski definition) is 2. The van der Waals surface area contributed by atoms with Crippen molar-refractivity contribution in [1.82, 2.24) is 5.32 Å². The Labute approximate surface area is 125 Å². The second-order valence-electron chi connectivity index (χ2n) is 5.55. The van der Waals surface area contributed by atoms with Crippen LogP contribution in [0.15, 0.2) is 18.2 Å². The SMILES string of the molecule is CC(=O)c1cc(N)ccc1OC(C)C(=O)NCCC(C)C. The number of Topliss-reactive ketones (excluding diaryl/α,β-unsaturated/α-hetero) is 1. The lowest BCUT2D eigenvalue weighted by atomic mass is 10.1. The predicted molar refractivity (Wildman–Crippen MR) is 83.4 cm³/mol. The molecule has 116 valence electrons. The zero-order valence-corrected chi connectivity index (χ0v) is 13.1. The first-order chi connectivity index (χ1) is 9.81. The molecule has 1 atom stereocenters. The Hall–Kier alpha value is -2.04. The summed E-state index contributed by atoms with van der Waals surface area (Å²) in [7, 11) is 0. The number of carbonyl (C=O) groups excluding carboxylic acids is 2. The fourth-order valence-corrected chi connectivity index (χ4v) is 1.80. The van der Waals surface area contributed by atoms with E-state index in [2.05, 4.69) is 19.2 Å². The predicted octanol–water partition coefficient (Wildman–Crippen LogP) is 2.40. The second kappa shape index (κ2) is 7.67. The molecule has 0 radical (unpaired) electrons. The maximum atomic E-state index is 11.9. The number of hydrogen-bond acceptors (Lipinski definition) is 4. The third-order valence-corrected chi connectivity index (χ3v) is 3.08. The van der Waals surface area contributed by atoms with E-state index in [1.165, 1.54) is 6.92 Å². The normalized spacial score (nSPS) is 12.0. The van der Waals surface area contributed by atoms with Crippen LogP contribution in [0.4, 0.5) is 5.69 Å². The Bertz CT molecular complexity index is 512. The summed E-state index contributed by atoms with van der Waals surface area (Å²) in [5, 5.41) is 2.82. The van der Waals surface area contributed by atoms with Gasteiger partial charge in [-0.3, -0.25) is 9.59 Å². The maximum Gasteiger partial charge on any atom is 0.260 e. The highest BCUT2D eigenvalue weighted by Crippen LogP contribution is 2.23. The van der Waals surface area contributed by atoms with Gasteiger partial charge in [-0.25, -0.2) is 0 Å². The van der Waals surface area contributed by atoms with E-state index in [4.69, 9.17) is 10.5 Å². The minimum atomic E-state index is -0.668. The highest BCUT2D eigenvalue weighted by molar-refractivity contribution is 5.97. The first-order valence-electron chi connectivity index (χ1n) is 7.16. The van der Waals surface area contributed by atoms with E-state index in [9.17, 15) is 9.59 Å². The molecular weight excluding hydrogens is 268 g/mol. The summed E-state index contributed by atoms with van der Waals surface area (Å²) in [6.45, 7) is 7.91. The summed E-state index contributed by atoms with van der Waals surface area (Å²) in [5.74, 6) is 0.567. The maximum absolute atomic E-state index is 11.9. The van der Waals surface area contributed by atoms with Crippen molar-refractivity contribution in [2.75, 3.05) is 12.3 Å². The van der Waals surface area contributed by atoms with Crippen LogP contribution in [-0.4, -0.2) is 24.3 Å². The smallest absolute Gasteiger partial charge is 0.260 e. The number of nitrogens with one attached hydrogen (secondary N) is 1. The summed E-state index contributed by atoms with van der Waals surface area (Å²) in [6.07, 6.45) is 0.248. The van der Waals surface area contributed by atoms with Gasteiger partial charge >= 0.3 is 0 Å². The highest BCUT2D eigenvalue weighted by atomic mass is 16.5. The number of nitrogen functional groups attached to an aromatic ring is 1. The molecule has 0 bridgehead atoms. The number of nitrogens with two attached hydrogens (primary N) is 1. The minimum Gasteiger partial charge on any atom is -0.480 e. The van der Waals surface area contributed by atoms with Crippen molar-refractivity contribution < 1.29 is 14.3 Å². The summed E-state index contributed by atoms with van der Waals surface area (Å²) in [4.78, 5) is 23.5. The fraction of sp³-hybridized carbons (Fsp3) is 0.500. The van der Waals surface area contributed by atoms with Crippen molar-refractivity contribution >= 4 is 17.4 Å². The number of ether oxygens (including phenoxy) is 1. The van der Waals surface area contributed by atoms with Gasteiger partial charge in [-0.2, -0.15) is 0 Å². The molecule has 21 heavy (non-hydrogen) atoms. The van der Waals surface area contributed by atoms with Gasteiger partial charge in [0.2, 0.25) is 0 Å². The van der Waals surface area contributed by atoms with Gasteiger partial charge in [0.25, 0.3) is 5.91 Å². The van der Waals surface area contributed by atoms with Crippen LogP contribution in [0.3, 0.4) is 0 Å². The second-order valence-corrected chi connectivity index (χ2v) is 5.55. The van der Waals surface area contributed by atoms with Gasteiger partial charge < -0.3 is 15.8 Å². The van der Waals surface area contributed by atoms with E-state index >= 15 is 0 Å². The van der Waals surface area contributed by atoms with Crippen molar-refractivity contribution in [3.63, 3.8) is 0 Å². The highest BCUT2D eigenvalue weighted by Gasteiger charge is 2.17. The summed E-state index contributed by atoms with van der Waals surface area (Å²) in [5.41, 5.74) is 6.54. The number of carbonyl (C=O) groups is 2. The standard InChI is InChI=1S/C16H24N2O3/c1-10(2)7-8-18-16(20)12(4)21-15-6-5-13(17)9-14(15)11(3)19/h5-6,9-10,12H,7-8,17H2,1-4H3,(H,18,20). The molecule has 1 aromatic carbocycles. The lowest BCUT2D eigenvalue weighted by molar-refractivity contribution is -0.127. The third-order valence-electron chi connectivity index (χ3n) is 3.08. The third kappa shape index (κ3) is 5.45. The fourth-order valence-electron chi connectivity index (χ4n) is 1.80. The van der Waals surface area contributed by atoms with Crippen LogP contribution >= 0.6 is 0 Å². The van der Waals surface area contributed by atoms with E-state index in [-0.39, 0.29) is 11.7 Å². The molecule has 0 spiro atoms. The molecule has 1 aromatic rings. The monoisotopic (exact) mass is 292 g/mol. The summed E-state index contributed by atoms with van der Waals surface area (Å²) in [6, 6.07) is 4.82. The topological polar surface area (TPSA) is 81.4 Å². The minimum absolute atomic E-state index is 0.148. The molecule has 0 saturated heterocycles. The lowest BCUT2D eigenvalue weighted by Crippen LogP contribution is -2.37. The molecule has 0 heterocycles. The molecule has 1 rings (SSSR count). The van der Waals surface area contributed by atoms with Crippen LogP contribution in [0.1, 0.15) is 44.5 Å². The first-order valence-corrected chi connectivity index (χ1v) is 7.16. The molecule has 0 aliphatic carbocycles. The van der Waals surface area contributed by atoms with Crippen LogP contribution in [-0.2, 0) is 4.79 Å². The molecule has 0 fully saturated rings. The lowest BCUT2D eigenvalue weighted by Gasteiger charge is -2.17. The van der Waals surface area contributed by atoms with Gasteiger partial charge in [-0.15, -0.1) is 0 Å². The zero-order chi connectivity index (χ0) is 16.0. The van der Waals surface area contributed by atoms with E-state index < -0.39 is 6.10 Å². The van der Waals surface area contributed by atoms with E-state index in [0.29, 0.717) is 29.5 Å². The van der Waals surface area contributed by atoms with Crippen molar-refractivity contribution in [3.05, 3.63) is 23.8 Å². The van der Waals surface area contributed by atoms with Crippen molar-refractivity contribution in [1.29, 1.82) is 0 Å². The van der Waals surface area contributed by atoms with Crippen LogP contribution in [0.2, 0.25) is 0 Å². The van der Waals surface area contributed by atoms with E-state index in [1.54, 1.807) is 25.1 Å². The van der Waals surface area contributed by atoms with Gasteiger partial charge in [0.05, 0.1) is 5.56 Å². The molecule has 5 nitrogen and oxygen atoms in total. The van der Waals surface area contributed by atoms with Gasteiger partial charge in [0.15, 0.2) is 11.9 Å². The van der Waals surface area contributed by atoms with E-state index in [1.807, 2.05) is 0 Å². The Morgan fingerprint density at radius 1 is 1.29 bits per heavy atom. The number of rotatable bonds is 7. The van der Waals surface area contributed by atoms with Crippen LogP contribution in [0.5, 0.6) is 5.75 Å². The summed E-state index contributed by atoms with van der Waals surface area (Å²) >= 11 is 0. The molecule has 0 aliphatic heterocycles. The zero-order valence-electron chi connectivity index (χ0n) is 13.1. The Balaban J connectivity index is 2.68. The average Bonchev–Trinajstić information content (AvgIpc) is 2.39. The van der Waals surface area contributed by atoms with Crippen LogP contribution < -0.4 is 15.8 Å². The van der Waals surface area contributed by atoms with Crippen molar-refractivity contribution in [2.45, 2.75) is 40.2 Å². The quantitative estimate of drug-likeness (QED) is 0.597. The van der Waals surface area contributed by atoms with Gasteiger partial charge in [0.1, 0.15) is 5.75 Å². The molecule has 3 N–H and O–H groups in total. The first kappa shape index (κ1) is 17.0. The van der Waals surface area contributed by atoms with Gasteiger partial charge in [0, 0.05) is 12.2 Å². The number of benzene rings is 1. The Morgan fingerprint density at radius 2 is 1.95 bits per heavy atom. The average molecular weight is 292 g/mol. The van der Waals surface area contributed by atoms with Gasteiger partial charge in [-0.1, -0.05) is 13.8 Å². The Kier molecular flexibility index (Phi) is 6.21. The molecule has 1 amide bonds. The van der Waals surface area contributed by atoms with Crippen LogP contribution in [0, 0.1) is 5.92 Å².